The van der Waals surface area contributed by atoms with Crippen molar-refractivity contribution in [3.05, 3.63) is 29.6 Å². The number of aldehydes is 1. The van der Waals surface area contributed by atoms with Gasteiger partial charge in [-0.2, -0.15) is 5.26 Å². The second kappa shape index (κ2) is 6.00. The Morgan fingerprint density at radius 2 is 2.24 bits per heavy atom. The minimum Gasteiger partial charge on any atom is -0.370 e. The topological polar surface area (TPSA) is 44.1 Å². The molecule has 0 spiro atoms. The van der Waals surface area contributed by atoms with Crippen LogP contribution in [0.15, 0.2) is 18.2 Å². The maximum Gasteiger partial charge on any atom is 0.150 e. The largest absolute Gasteiger partial charge is 0.370 e. The molecule has 0 saturated heterocycles. The number of halogens is 1. The Morgan fingerprint density at radius 1 is 1.53 bits per heavy atom. The molecule has 0 amide bonds. The molecule has 1 aromatic rings. The standard InChI is InChI=1S/C13H15FN2O/c1-3-16(8-10(2)7-15)13-5-11(9-17)4-12(14)6-13/h4-6,9-10H,3,8H2,1-2H3. The first-order valence-electron chi connectivity index (χ1n) is 5.51. The highest BCUT2D eigenvalue weighted by Crippen LogP contribution is 2.19. The fraction of sp³-hybridized carbons (Fsp3) is 0.385. The van der Waals surface area contributed by atoms with Gasteiger partial charge in [0.05, 0.1) is 12.0 Å². The Morgan fingerprint density at radius 3 is 2.76 bits per heavy atom. The lowest BCUT2D eigenvalue weighted by Gasteiger charge is -2.24. The van der Waals surface area contributed by atoms with Crippen molar-refractivity contribution in [2.24, 2.45) is 5.92 Å². The Kier molecular flexibility index (Phi) is 4.65. The van der Waals surface area contributed by atoms with Gasteiger partial charge in [0.1, 0.15) is 12.1 Å². The summed E-state index contributed by atoms with van der Waals surface area (Å²) in [6, 6.07) is 6.33. The fourth-order valence-electron chi connectivity index (χ4n) is 1.64. The summed E-state index contributed by atoms with van der Waals surface area (Å²) in [6.07, 6.45) is 0.619. The van der Waals surface area contributed by atoms with Gasteiger partial charge in [0.15, 0.2) is 0 Å². The van der Waals surface area contributed by atoms with Gasteiger partial charge in [0.25, 0.3) is 0 Å². The van der Waals surface area contributed by atoms with Crippen LogP contribution in [0.4, 0.5) is 10.1 Å². The molecule has 0 radical (unpaired) electrons. The van der Waals surface area contributed by atoms with Crippen LogP contribution in [0.25, 0.3) is 0 Å². The Balaban J connectivity index is 2.99. The molecule has 17 heavy (non-hydrogen) atoms. The van der Waals surface area contributed by atoms with Crippen molar-refractivity contribution < 1.29 is 9.18 Å². The van der Waals surface area contributed by atoms with Crippen molar-refractivity contribution in [3.8, 4) is 6.07 Å². The van der Waals surface area contributed by atoms with Gasteiger partial charge in [-0.25, -0.2) is 4.39 Å². The Labute approximate surface area is 100 Å². The maximum atomic E-state index is 13.3. The van der Waals surface area contributed by atoms with E-state index in [1.165, 1.54) is 12.1 Å². The van der Waals surface area contributed by atoms with E-state index >= 15 is 0 Å². The van der Waals surface area contributed by atoms with E-state index in [9.17, 15) is 9.18 Å². The van der Waals surface area contributed by atoms with E-state index in [0.717, 1.165) is 0 Å². The van der Waals surface area contributed by atoms with Crippen molar-refractivity contribution in [2.75, 3.05) is 18.0 Å². The van der Waals surface area contributed by atoms with Crippen molar-refractivity contribution >= 4 is 12.0 Å². The number of anilines is 1. The molecule has 0 heterocycles. The van der Waals surface area contributed by atoms with E-state index in [1.54, 1.807) is 6.07 Å². The second-order valence-corrected chi connectivity index (χ2v) is 3.93. The zero-order valence-electron chi connectivity index (χ0n) is 9.98. The molecule has 0 aliphatic heterocycles. The number of benzene rings is 1. The smallest absolute Gasteiger partial charge is 0.150 e. The lowest BCUT2D eigenvalue weighted by molar-refractivity contribution is 0.112. The molecule has 0 bridgehead atoms. The lowest BCUT2D eigenvalue weighted by Crippen LogP contribution is -2.27. The fourth-order valence-corrected chi connectivity index (χ4v) is 1.64. The van der Waals surface area contributed by atoms with Crippen LogP contribution in [0.5, 0.6) is 0 Å². The molecule has 1 atom stereocenters. The average molecular weight is 234 g/mol. The van der Waals surface area contributed by atoms with Crippen LogP contribution in [0.1, 0.15) is 24.2 Å². The molecule has 90 valence electrons. The van der Waals surface area contributed by atoms with Crippen LogP contribution in [0, 0.1) is 23.1 Å². The molecule has 0 aromatic heterocycles. The number of nitriles is 1. The number of carbonyl (C=O) groups is 1. The molecule has 1 rings (SSSR count). The molecule has 0 aliphatic carbocycles. The monoisotopic (exact) mass is 234 g/mol. The molecule has 0 saturated carbocycles. The van der Waals surface area contributed by atoms with Crippen molar-refractivity contribution in [3.63, 3.8) is 0 Å². The minimum atomic E-state index is -0.437. The minimum absolute atomic E-state index is 0.141. The molecule has 0 aliphatic rings. The summed E-state index contributed by atoms with van der Waals surface area (Å²) in [4.78, 5) is 12.5. The molecule has 3 nitrogen and oxygen atoms in total. The van der Waals surface area contributed by atoms with Crippen molar-refractivity contribution in [1.29, 1.82) is 5.26 Å². The molecular weight excluding hydrogens is 219 g/mol. The first-order valence-corrected chi connectivity index (χ1v) is 5.51. The van der Waals surface area contributed by atoms with E-state index in [0.29, 0.717) is 30.6 Å². The van der Waals surface area contributed by atoms with Gasteiger partial charge in [-0.3, -0.25) is 4.79 Å². The van der Waals surface area contributed by atoms with Crippen LogP contribution in [0.3, 0.4) is 0 Å². The first kappa shape index (κ1) is 13.2. The molecule has 0 fully saturated rings. The van der Waals surface area contributed by atoms with Crippen LogP contribution in [-0.4, -0.2) is 19.4 Å². The molecular formula is C13H15FN2O. The van der Waals surface area contributed by atoms with Crippen LogP contribution >= 0.6 is 0 Å². The van der Waals surface area contributed by atoms with Crippen LogP contribution in [0.2, 0.25) is 0 Å². The van der Waals surface area contributed by atoms with Gasteiger partial charge in [0, 0.05) is 24.3 Å². The Hall–Kier alpha value is -1.89. The summed E-state index contributed by atoms with van der Waals surface area (Å²) >= 11 is 0. The van der Waals surface area contributed by atoms with E-state index in [4.69, 9.17) is 5.26 Å². The average Bonchev–Trinajstić information content (AvgIpc) is 2.34. The molecule has 4 heteroatoms. The van der Waals surface area contributed by atoms with Crippen molar-refractivity contribution in [2.45, 2.75) is 13.8 Å². The van der Waals surface area contributed by atoms with E-state index in [-0.39, 0.29) is 5.92 Å². The highest BCUT2D eigenvalue weighted by molar-refractivity contribution is 5.77. The third kappa shape index (κ3) is 3.56. The SMILES string of the molecule is CCN(CC(C)C#N)c1cc(F)cc(C=O)c1. The zero-order chi connectivity index (χ0) is 12.8. The van der Waals surface area contributed by atoms with Gasteiger partial charge in [0.2, 0.25) is 0 Å². The lowest BCUT2D eigenvalue weighted by atomic mass is 10.1. The van der Waals surface area contributed by atoms with E-state index in [2.05, 4.69) is 6.07 Å². The highest BCUT2D eigenvalue weighted by atomic mass is 19.1. The normalized spacial score (nSPS) is 11.6. The maximum absolute atomic E-state index is 13.3. The molecule has 1 unspecified atom stereocenters. The molecule has 1 aromatic carbocycles. The highest BCUT2D eigenvalue weighted by Gasteiger charge is 2.10. The van der Waals surface area contributed by atoms with E-state index < -0.39 is 5.82 Å². The summed E-state index contributed by atoms with van der Waals surface area (Å²) < 4.78 is 13.3. The summed E-state index contributed by atoms with van der Waals surface area (Å²) in [6.45, 7) is 4.92. The summed E-state index contributed by atoms with van der Waals surface area (Å²) in [5, 5.41) is 8.77. The number of carbonyl (C=O) groups excluding carboxylic acids is 1. The summed E-state index contributed by atoms with van der Waals surface area (Å²) in [7, 11) is 0. The van der Waals surface area contributed by atoms with Crippen LogP contribution in [-0.2, 0) is 0 Å². The quantitative estimate of drug-likeness (QED) is 0.735. The predicted octanol–water partition coefficient (Wildman–Crippen LogP) is 2.62. The van der Waals surface area contributed by atoms with Crippen LogP contribution < -0.4 is 4.90 Å². The van der Waals surface area contributed by atoms with Gasteiger partial charge in [-0.05, 0) is 32.0 Å². The predicted molar refractivity (Wildman–Crippen MR) is 64.5 cm³/mol. The summed E-state index contributed by atoms with van der Waals surface area (Å²) in [5.41, 5.74) is 0.944. The van der Waals surface area contributed by atoms with Gasteiger partial charge < -0.3 is 4.90 Å². The second-order valence-electron chi connectivity index (χ2n) is 3.93. The first-order chi connectivity index (χ1) is 8.10. The van der Waals surface area contributed by atoms with Gasteiger partial charge >= 0.3 is 0 Å². The molecule has 0 N–H and O–H groups in total. The third-order valence-electron chi connectivity index (χ3n) is 2.50. The van der Waals surface area contributed by atoms with Gasteiger partial charge in [-0.15, -0.1) is 0 Å². The number of hydrogen-bond donors (Lipinski definition) is 0. The van der Waals surface area contributed by atoms with Gasteiger partial charge in [-0.1, -0.05) is 0 Å². The summed E-state index contributed by atoms with van der Waals surface area (Å²) in [5.74, 6) is -0.578. The number of rotatable bonds is 5. The van der Waals surface area contributed by atoms with E-state index in [1.807, 2.05) is 18.7 Å². The zero-order valence-corrected chi connectivity index (χ0v) is 9.98. The third-order valence-corrected chi connectivity index (χ3v) is 2.50. The number of nitrogens with zero attached hydrogens (tertiary/aromatic N) is 2. The Bertz CT molecular complexity index is 440. The number of hydrogen-bond acceptors (Lipinski definition) is 3. The van der Waals surface area contributed by atoms with Crippen molar-refractivity contribution in [1.82, 2.24) is 0 Å².